The highest BCUT2D eigenvalue weighted by atomic mass is 127. The number of nitrogens with one attached hydrogen (secondary N) is 1. The predicted octanol–water partition coefficient (Wildman–Crippen LogP) is 4.69. The van der Waals surface area contributed by atoms with Crippen LogP contribution < -0.4 is 10.1 Å². The van der Waals surface area contributed by atoms with Crippen LogP contribution in [0.15, 0.2) is 42.2 Å². The van der Waals surface area contributed by atoms with Crippen molar-refractivity contribution in [3.63, 3.8) is 0 Å². The van der Waals surface area contributed by atoms with Gasteiger partial charge in [-0.25, -0.2) is 0 Å². The molecule has 1 unspecified atom stereocenters. The summed E-state index contributed by atoms with van der Waals surface area (Å²) in [4.78, 5) is 22.2. The summed E-state index contributed by atoms with van der Waals surface area (Å²) in [6, 6.07) is 5.88. The average molecular weight is 527 g/mol. The van der Waals surface area contributed by atoms with Crippen LogP contribution in [-0.2, 0) is 9.63 Å². The minimum absolute atomic E-state index is 0.193. The summed E-state index contributed by atoms with van der Waals surface area (Å²) in [7, 11) is 0. The molecule has 8 heteroatoms. The Labute approximate surface area is 189 Å². The molecule has 2 rings (SSSR count). The number of aryl methyl sites for hydroxylation is 1. The van der Waals surface area contributed by atoms with Crippen molar-refractivity contribution in [2.75, 3.05) is 12.9 Å². The second-order valence-corrected chi connectivity index (χ2v) is 9.25. The van der Waals surface area contributed by atoms with E-state index in [2.05, 4.69) is 44.6 Å². The van der Waals surface area contributed by atoms with Gasteiger partial charge in [0.25, 0.3) is 5.91 Å². The van der Waals surface area contributed by atoms with Crippen molar-refractivity contribution in [2.24, 2.45) is 5.16 Å². The molecule has 2 aromatic rings. The first kappa shape index (κ1) is 23.5. The highest BCUT2D eigenvalue weighted by molar-refractivity contribution is 14.1. The summed E-state index contributed by atoms with van der Waals surface area (Å²) in [5, 5.41) is 7.84. The maximum absolute atomic E-state index is 12.8. The van der Waals surface area contributed by atoms with Crippen molar-refractivity contribution in [2.45, 2.75) is 38.2 Å². The third kappa shape index (κ3) is 7.18. The van der Waals surface area contributed by atoms with Crippen LogP contribution in [-0.4, -0.2) is 40.9 Å². The molecule has 0 aliphatic heterocycles. The molecule has 6 nitrogen and oxygen atoms in total. The number of aromatic nitrogens is 1. The summed E-state index contributed by atoms with van der Waals surface area (Å²) >= 11 is 3.57. The lowest BCUT2D eigenvalue weighted by Gasteiger charge is -2.27. The zero-order valence-electron chi connectivity index (χ0n) is 17.1. The number of amides is 1. The fourth-order valence-corrected chi connectivity index (χ4v) is 3.58. The van der Waals surface area contributed by atoms with Crippen LogP contribution >= 0.6 is 34.4 Å². The number of carbonyl (C=O) groups is 1. The summed E-state index contributed by atoms with van der Waals surface area (Å²) in [5.41, 5.74) is 0.775. The number of halogens is 1. The molecule has 1 aromatic heterocycles. The number of rotatable bonds is 10. The van der Waals surface area contributed by atoms with Gasteiger partial charge in [0.05, 0.1) is 5.52 Å². The number of carbonyl (C=O) groups excluding carboxylic acids is 1. The van der Waals surface area contributed by atoms with E-state index in [4.69, 9.17) is 9.57 Å². The first-order valence-corrected chi connectivity index (χ1v) is 11.4. The minimum Gasteiger partial charge on any atom is -0.470 e. The molecular weight excluding hydrogens is 501 g/mol. The van der Waals surface area contributed by atoms with Crippen LogP contribution in [0.3, 0.4) is 0 Å². The molecular formula is C21H26IN3O3S. The second kappa shape index (κ2) is 10.8. The first-order valence-electron chi connectivity index (χ1n) is 9.08. The first-order chi connectivity index (χ1) is 13.8. The summed E-state index contributed by atoms with van der Waals surface area (Å²) in [6.45, 7) is 9.75. The molecule has 1 heterocycles. The van der Waals surface area contributed by atoms with Gasteiger partial charge in [0, 0.05) is 33.3 Å². The van der Waals surface area contributed by atoms with Gasteiger partial charge in [-0.3, -0.25) is 9.78 Å². The quantitative estimate of drug-likeness (QED) is 0.121. The smallest absolute Gasteiger partial charge is 0.272 e. The zero-order chi connectivity index (χ0) is 21.4. The van der Waals surface area contributed by atoms with Crippen molar-refractivity contribution in [1.82, 2.24) is 10.3 Å². The average Bonchev–Trinajstić information content (AvgIpc) is 2.65. The Morgan fingerprint density at radius 1 is 1.45 bits per heavy atom. The van der Waals surface area contributed by atoms with E-state index in [-0.39, 0.29) is 5.91 Å². The molecule has 156 valence electrons. The Balaban J connectivity index is 2.07. The van der Waals surface area contributed by atoms with Crippen LogP contribution in [0.1, 0.15) is 25.8 Å². The van der Waals surface area contributed by atoms with Gasteiger partial charge in [-0.15, -0.1) is 11.8 Å². The molecule has 29 heavy (non-hydrogen) atoms. The number of oxime groups is 1. The van der Waals surface area contributed by atoms with Crippen molar-refractivity contribution in [3.05, 3.63) is 46.2 Å². The van der Waals surface area contributed by atoms with Crippen molar-refractivity contribution < 1.29 is 14.4 Å². The summed E-state index contributed by atoms with van der Waals surface area (Å²) < 4.78 is 7.06. The van der Waals surface area contributed by atoms with Gasteiger partial charge in [0.2, 0.25) is 5.44 Å². The van der Waals surface area contributed by atoms with Gasteiger partial charge >= 0.3 is 0 Å². The molecule has 1 aromatic carbocycles. The van der Waals surface area contributed by atoms with Gasteiger partial charge in [0.1, 0.15) is 12.4 Å². The summed E-state index contributed by atoms with van der Waals surface area (Å²) in [6.07, 6.45) is 7.47. The van der Waals surface area contributed by atoms with Crippen LogP contribution in [0.4, 0.5) is 0 Å². The van der Waals surface area contributed by atoms with Crippen molar-refractivity contribution >= 4 is 57.4 Å². The van der Waals surface area contributed by atoms with Crippen LogP contribution in [0.5, 0.6) is 5.75 Å². The normalized spacial score (nSPS) is 12.7. The van der Waals surface area contributed by atoms with E-state index in [0.29, 0.717) is 18.8 Å². The molecule has 0 bridgehead atoms. The zero-order valence-corrected chi connectivity index (χ0v) is 20.0. The molecule has 0 saturated carbocycles. The van der Waals surface area contributed by atoms with E-state index >= 15 is 0 Å². The van der Waals surface area contributed by atoms with Crippen LogP contribution in [0.2, 0.25) is 0 Å². The molecule has 1 atom stereocenters. The predicted molar refractivity (Wildman–Crippen MR) is 129 cm³/mol. The lowest BCUT2D eigenvalue weighted by Crippen LogP contribution is -2.48. The van der Waals surface area contributed by atoms with E-state index in [1.54, 1.807) is 12.3 Å². The van der Waals surface area contributed by atoms with Gasteiger partial charge in [0.15, 0.2) is 0 Å². The van der Waals surface area contributed by atoms with Gasteiger partial charge in [-0.05, 0) is 73.4 Å². The number of ether oxygens (including phenoxy) is 1. The van der Waals surface area contributed by atoms with Crippen LogP contribution in [0, 0.1) is 10.5 Å². The Bertz CT molecular complexity index is 902. The fourth-order valence-electron chi connectivity index (χ4n) is 2.63. The maximum atomic E-state index is 12.8. The largest absolute Gasteiger partial charge is 0.470 e. The Morgan fingerprint density at radius 3 is 2.90 bits per heavy atom. The second-order valence-electron chi connectivity index (χ2n) is 7.10. The van der Waals surface area contributed by atoms with E-state index in [0.717, 1.165) is 20.0 Å². The van der Waals surface area contributed by atoms with Crippen molar-refractivity contribution in [3.8, 4) is 5.75 Å². The molecule has 0 radical (unpaired) electrons. The molecule has 1 N–H and O–H groups in total. The third-order valence-electron chi connectivity index (χ3n) is 3.99. The van der Waals surface area contributed by atoms with E-state index in [1.807, 2.05) is 51.4 Å². The SMILES string of the molecule is C=CCON=CCC(C)(C)NC(=O)C(Oc1cc(C)c2ncc(I)cc2c1)SC. The summed E-state index contributed by atoms with van der Waals surface area (Å²) in [5.74, 6) is 0.451. The maximum Gasteiger partial charge on any atom is 0.272 e. The van der Waals surface area contributed by atoms with Gasteiger partial charge in [-0.1, -0.05) is 17.8 Å². The molecule has 1 amide bonds. The van der Waals surface area contributed by atoms with E-state index in [1.165, 1.54) is 11.8 Å². The lowest BCUT2D eigenvalue weighted by molar-refractivity contribution is -0.126. The van der Waals surface area contributed by atoms with Gasteiger partial charge in [-0.2, -0.15) is 0 Å². The monoisotopic (exact) mass is 527 g/mol. The van der Waals surface area contributed by atoms with E-state index < -0.39 is 11.0 Å². The minimum atomic E-state index is -0.671. The number of hydrogen-bond acceptors (Lipinski definition) is 6. The third-order valence-corrected chi connectivity index (χ3v) is 5.32. The number of benzene rings is 1. The number of fused-ring (bicyclic) bond motifs is 1. The van der Waals surface area contributed by atoms with E-state index in [9.17, 15) is 4.79 Å². The Hall–Kier alpha value is -1.81. The molecule has 0 spiro atoms. The van der Waals surface area contributed by atoms with Crippen LogP contribution in [0.25, 0.3) is 10.9 Å². The molecule has 0 aliphatic rings. The highest BCUT2D eigenvalue weighted by Crippen LogP contribution is 2.27. The van der Waals surface area contributed by atoms with Gasteiger partial charge < -0.3 is 14.9 Å². The lowest BCUT2D eigenvalue weighted by atomic mass is 10.0. The Kier molecular flexibility index (Phi) is 8.76. The fraction of sp³-hybridized carbons (Fsp3) is 0.381. The number of nitrogens with zero attached hydrogens (tertiary/aromatic N) is 2. The molecule has 0 saturated heterocycles. The number of pyridine rings is 1. The molecule has 0 aliphatic carbocycles. The number of thioether (sulfide) groups is 1. The van der Waals surface area contributed by atoms with Crippen molar-refractivity contribution in [1.29, 1.82) is 0 Å². The standard InChI is InChI=1S/C21H26IN3O3S/c1-6-9-27-24-8-7-21(3,4)25-19(26)20(29-5)28-17-10-14(2)18-15(12-17)11-16(22)13-23-18/h6,8,10-13,20H,1,7,9H2,2-5H3,(H,25,26). The highest BCUT2D eigenvalue weighted by Gasteiger charge is 2.26. The Morgan fingerprint density at radius 2 is 2.21 bits per heavy atom. The number of hydrogen-bond donors (Lipinski definition) is 1. The topological polar surface area (TPSA) is 72.8 Å². The molecule has 0 fully saturated rings.